The van der Waals surface area contributed by atoms with Crippen molar-refractivity contribution in [2.75, 3.05) is 13.2 Å². The van der Waals surface area contributed by atoms with Crippen LogP contribution in [0.2, 0.25) is 0 Å². The van der Waals surface area contributed by atoms with Crippen molar-refractivity contribution in [3.63, 3.8) is 0 Å². The van der Waals surface area contributed by atoms with E-state index in [2.05, 4.69) is 0 Å². The number of rotatable bonds is 7. The zero-order chi connectivity index (χ0) is 19.3. The molecule has 9 nitrogen and oxygen atoms in total. The molecule has 0 aliphatic heterocycles. The smallest absolute Gasteiger partial charge is 0.338 e. The first-order chi connectivity index (χ1) is 12.2. The third kappa shape index (κ3) is 4.77. The zero-order valence-corrected chi connectivity index (χ0v) is 14.6. The Labute approximate surface area is 149 Å². The Morgan fingerprint density at radius 3 is 2.38 bits per heavy atom. The molecular weight excluding hydrogens is 364 g/mol. The number of benzene rings is 2. The standard InChI is InChI=1S/C16H16N2O7S/c1-11-14(3-2-4-15(11)18(20)21)16(19)25-10-9-24-12-5-7-13(8-6-12)26(17,22)23/h2-8H,9-10H2,1H3,(H2,17,22,23). The van der Waals surface area contributed by atoms with Crippen molar-refractivity contribution in [2.45, 2.75) is 11.8 Å². The summed E-state index contributed by atoms with van der Waals surface area (Å²) < 4.78 is 32.7. The lowest BCUT2D eigenvalue weighted by molar-refractivity contribution is -0.385. The fourth-order valence-corrected chi connectivity index (χ4v) is 2.66. The number of hydrogen-bond acceptors (Lipinski definition) is 7. The van der Waals surface area contributed by atoms with Crippen LogP contribution in [0.15, 0.2) is 47.4 Å². The lowest BCUT2D eigenvalue weighted by atomic mass is 10.1. The normalized spacial score (nSPS) is 11.0. The maximum absolute atomic E-state index is 12.0. The van der Waals surface area contributed by atoms with Crippen molar-refractivity contribution in [3.05, 3.63) is 63.7 Å². The lowest BCUT2D eigenvalue weighted by Crippen LogP contribution is -2.14. The second-order valence-electron chi connectivity index (χ2n) is 5.21. The largest absolute Gasteiger partial charge is 0.490 e. The third-order valence-electron chi connectivity index (χ3n) is 3.46. The van der Waals surface area contributed by atoms with Gasteiger partial charge in [0, 0.05) is 11.6 Å². The van der Waals surface area contributed by atoms with Crippen molar-refractivity contribution >= 4 is 21.7 Å². The van der Waals surface area contributed by atoms with Gasteiger partial charge in [-0.2, -0.15) is 0 Å². The Hall–Kier alpha value is -2.98. The van der Waals surface area contributed by atoms with Gasteiger partial charge in [0.05, 0.1) is 15.4 Å². The molecule has 2 N–H and O–H groups in total. The first kappa shape index (κ1) is 19.3. The molecule has 0 bridgehead atoms. The summed E-state index contributed by atoms with van der Waals surface area (Å²) in [5, 5.41) is 15.9. The van der Waals surface area contributed by atoms with E-state index in [4.69, 9.17) is 14.6 Å². The number of esters is 1. The van der Waals surface area contributed by atoms with Gasteiger partial charge in [-0.3, -0.25) is 10.1 Å². The molecule has 2 aromatic rings. The number of nitro groups is 1. The lowest BCUT2D eigenvalue weighted by Gasteiger charge is -2.09. The second-order valence-corrected chi connectivity index (χ2v) is 6.77. The van der Waals surface area contributed by atoms with Crippen LogP contribution in [0.3, 0.4) is 0 Å². The first-order valence-electron chi connectivity index (χ1n) is 7.37. The van der Waals surface area contributed by atoms with E-state index in [1.807, 2.05) is 0 Å². The van der Waals surface area contributed by atoms with Crippen molar-refractivity contribution in [1.29, 1.82) is 0 Å². The quantitative estimate of drug-likeness (QED) is 0.334. The average molecular weight is 380 g/mol. The number of carbonyl (C=O) groups excluding carboxylic acids is 1. The molecule has 0 saturated heterocycles. The number of ether oxygens (including phenoxy) is 2. The molecule has 10 heteroatoms. The SMILES string of the molecule is Cc1c(C(=O)OCCOc2ccc(S(N)(=O)=O)cc2)cccc1[N+](=O)[O-]. The molecule has 0 aliphatic rings. The van der Waals surface area contributed by atoms with Crippen molar-refractivity contribution in [2.24, 2.45) is 5.14 Å². The molecule has 2 aromatic carbocycles. The summed E-state index contributed by atoms with van der Waals surface area (Å²) in [5.74, 6) is -0.320. The highest BCUT2D eigenvalue weighted by Gasteiger charge is 2.18. The Morgan fingerprint density at radius 1 is 1.15 bits per heavy atom. The summed E-state index contributed by atoms with van der Waals surface area (Å²) in [6, 6.07) is 9.59. The van der Waals surface area contributed by atoms with E-state index in [0.29, 0.717) is 5.75 Å². The molecule has 0 heterocycles. The molecule has 0 aliphatic carbocycles. The van der Waals surface area contributed by atoms with Crippen LogP contribution in [0.25, 0.3) is 0 Å². The van der Waals surface area contributed by atoms with E-state index in [1.54, 1.807) is 0 Å². The summed E-state index contributed by atoms with van der Waals surface area (Å²) >= 11 is 0. The number of sulfonamides is 1. The molecule has 0 unspecified atom stereocenters. The van der Waals surface area contributed by atoms with E-state index in [1.165, 1.54) is 49.4 Å². The van der Waals surface area contributed by atoms with E-state index < -0.39 is 20.9 Å². The molecule has 0 atom stereocenters. The number of nitrogens with zero attached hydrogens (tertiary/aromatic N) is 1. The minimum Gasteiger partial charge on any atom is -0.490 e. The maximum Gasteiger partial charge on any atom is 0.338 e. The summed E-state index contributed by atoms with van der Waals surface area (Å²) in [6.45, 7) is 1.41. The van der Waals surface area contributed by atoms with Crippen molar-refractivity contribution < 1.29 is 27.6 Å². The summed E-state index contributed by atoms with van der Waals surface area (Å²) in [4.78, 5) is 22.3. The maximum atomic E-state index is 12.0. The molecule has 0 saturated carbocycles. The number of primary sulfonamides is 1. The number of nitro benzene ring substituents is 1. The van der Waals surface area contributed by atoms with Gasteiger partial charge in [-0.05, 0) is 37.3 Å². The van der Waals surface area contributed by atoms with E-state index in [0.717, 1.165) is 0 Å². The predicted octanol–water partition coefficient (Wildman–Crippen LogP) is 1.79. The van der Waals surface area contributed by atoms with Gasteiger partial charge in [0.1, 0.15) is 19.0 Å². The Kier molecular flexibility index (Phi) is 5.90. The molecule has 0 fully saturated rings. The summed E-state index contributed by atoms with van der Waals surface area (Å²) in [7, 11) is -3.77. The molecule has 2 rings (SSSR count). The highest BCUT2D eigenvalue weighted by Crippen LogP contribution is 2.21. The van der Waals surface area contributed by atoms with E-state index in [-0.39, 0.29) is 34.9 Å². The minimum atomic E-state index is -3.77. The topological polar surface area (TPSA) is 139 Å². The Balaban J connectivity index is 1.89. The van der Waals surface area contributed by atoms with Crippen LogP contribution in [-0.2, 0) is 14.8 Å². The van der Waals surface area contributed by atoms with Crippen LogP contribution >= 0.6 is 0 Å². The van der Waals surface area contributed by atoms with E-state index in [9.17, 15) is 23.3 Å². The summed E-state index contributed by atoms with van der Waals surface area (Å²) in [5.41, 5.74) is 0.171. The molecule has 0 aromatic heterocycles. The van der Waals surface area contributed by atoms with Gasteiger partial charge in [-0.1, -0.05) is 6.07 Å². The molecule has 0 amide bonds. The fourth-order valence-electron chi connectivity index (χ4n) is 2.14. The molecule has 26 heavy (non-hydrogen) atoms. The molecular formula is C16H16N2O7S. The van der Waals surface area contributed by atoms with Crippen LogP contribution < -0.4 is 9.88 Å². The van der Waals surface area contributed by atoms with Gasteiger partial charge in [-0.15, -0.1) is 0 Å². The summed E-state index contributed by atoms with van der Waals surface area (Å²) in [6.07, 6.45) is 0. The number of carbonyl (C=O) groups is 1. The van der Waals surface area contributed by atoms with Crippen LogP contribution in [0.1, 0.15) is 15.9 Å². The fraction of sp³-hybridized carbons (Fsp3) is 0.188. The number of hydrogen-bond donors (Lipinski definition) is 1. The van der Waals surface area contributed by atoms with Gasteiger partial charge < -0.3 is 9.47 Å². The van der Waals surface area contributed by atoms with Gasteiger partial charge in [0.2, 0.25) is 10.0 Å². The highest BCUT2D eigenvalue weighted by atomic mass is 32.2. The first-order valence-corrected chi connectivity index (χ1v) is 8.91. The van der Waals surface area contributed by atoms with Gasteiger partial charge in [-0.25, -0.2) is 18.4 Å². The average Bonchev–Trinajstić information content (AvgIpc) is 2.58. The van der Waals surface area contributed by atoms with Crippen LogP contribution in [0.4, 0.5) is 5.69 Å². The van der Waals surface area contributed by atoms with Crippen LogP contribution in [-0.4, -0.2) is 32.5 Å². The third-order valence-corrected chi connectivity index (χ3v) is 4.39. The molecule has 0 spiro atoms. The Bertz CT molecular complexity index is 924. The van der Waals surface area contributed by atoms with Crippen molar-refractivity contribution in [1.82, 2.24) is 0 Å². The second kappa shape index (κ2) is 7.93. The highest BCUT2D eigenvalue weighted by molar-refractivity contribution is 7.89. The zero-order valence-electron chi connectivity index (χ0n) is 13.7. The van der Waals surface area contributed by atoms with Crippen LogP contribution in [0.5, 0.6) is 5.75 Å². The monoisotopic (exact) mass is 380 g/mol. The molecule has 138 valence electrons. The van der Waals surface area contributed by atoms with Crippen LogP contribution in [0, 0.1) is 17.0 Å². The van der Waals surface area contributed by atoms with Crippen molar-refractivity contribution in [3.8, 4) is 5.75 Å². The van der Waals surface area contributed by atoms with Gasteiger partial charge in [0.25, 0.3) is 5.69 Å². The van der Waals surface area contributed by atoms with Gasteiger partial charge in [0.15, 0.2) is 0 Å². The minimum absolute atomic E-state index is 0.0223. The van der Waals surface area contributed by atoms with E-state index >= 15 is 0 Å². The Morgan fingerprint density at radius 2 is 1.81 bits per heavy atom. The predicted molar refractivity (Wildman–Crippen MR) is 91.4 cm³/mol. The number of nitrogens with two attached hydrogens (primary N) is 1. The van der Waals surface area contributed by atoms with Gasteiger partial charge >= 0.3 is 5.97 Å². The molecule has 0 radical (unpaired) electrons.